The van der Waals surface area contributed by atoms with Gasteiger partial charge in [0.1, 0.15) is 11.3 Å². The predicted molar refractivity (Wildman–Crippen MR) is 64.0 cm³/mol. The van der Waals surface area contributed by atoms with E-state index in [1.165, 1.54) is 35.1 Å². The van der Waals surface area contributed by atoms with Crippen molar-refractivity contribution in [3.8, 4) is 0 Å². The molecule has 2 rings (SSSR count). The van der Waals surface area contributed by atoms with Crippen molar-refractivity contribution < 1.29 is 9.18 Å². The number of hydrogen-bond donors (Lipinski definition) is 1. The Bertz CT molecular complexity index is 522. The van der Waals surface area contributed by atoms with E-state index in [1.54, 1.807) is 18.2 Å². The van der Waals surface area contributed by atoms with Crippen molar-refractivity contribution >= 4 is 28.5 Å². The third kappa shape index (κ3) is 3.46. The highest BCUT2D eigenvalue weighted by Gasteiger charge is 1.99. The molecule has 1 amide bonds. The average molecular weight is 249 g/mol. The van der Waals surface area contributed by atoms with Gasteiger partial charge in [-0.2, -0.15) is 0 Å². The molecule has 0 saturated carbocycles. The van der Waals surface area contributed by atoms with Gasteiger partial charge in [0.2, 0.25) is 11.0 Å². The van der Waals surface area contributed by atoms with E-state index in [2.05, 4.69) is 15.5 Å². The molecule has 17 heavy (non-hydrogen) atoms. The maximum Gasteiger partial charge on any atom is 0.250 e. The van der Waals surface area contributed by atoms with Crippen molar-refractivity contribution in [2.75, 3.05) is 5.32 Å². The van der Waals surface area contributed by atoms with Gasteiger partial charge in [-0.15, -0.1) is 10.2 Å². The van der Waals surface area contributed by atoms with E-state index in [0.717, 1.165) is 5.56 Å². The quantitative estimate of drug-likeness (QED) is 0.849. The molecule has 0 aliphatic rings. The molecule has 0 saturated heterocycles. The summed E-state index contributed by atoms with van der Waals surface area (Å²) in [6.45, 7) is 0. The molecule has 1 aromatic carbocycles. The number of anilines is 1. The first kappa shape index (κ1) is 11.4. The minimum Gasteiger partial charge on any atom is -0.297 e. The van der Waals surface area contributed by atoms with Crippen LogP contribution in [0, 0.1) is 5.82 Å². The highest BCUT2D eigenvalue weighted by atomic mass is 32.1. The molecule has 2 aromatic rings. The van der Waals surface area contributed by atoms with E-state index in [4.69, 9.17) is 0 Å². The predicted octanol–water partition coefficient (Wildman–Crippen LogP) is 2.33. The van der Waals surface area contributed by atoms with Gasteiger partial charge < -0.3 is 0 Å². The third-order valence-corrected chi connectivity index (χ3v) is 2.49. The molecule has 0 unspecified atom stereocenters. The fourth-order valence-corrected chi connectivity index (χ4v) is 1.57. The van der Waals surface area contributed by atoms with Crippen molar-refractivity contribution in [3.63, 3.8) is 0 Å². The lowest BCUT2D eigenvalue weighted by molar-refractivity contribution is -0.111. The van der Waals surface area contributed by atoms with Crippen LogP contribution in [0.1, 0.15) is 5.56 Å². The average Bonchev–Trinajstić information content (AvgIpc) is 2.81. The first-order chi connectivity index (χ1) is 8.24. The number of nitrogens with one attached hydrogen (secondary N) is 1. The lowest BCUT2D eigenvalue weighted by atomic mass is 10.2. The molecule has 0 atom stereocenters. The molecule has 1 heterocycles. The van der Waals surface area contributed by atoms with Crippen molar-refractivity contribution in [1.29, 1.82) is 0 Å². The van der Waals surface area contributed by atoms with E-state index in [9.17, 15) is 9.18 Å². The molecule has 0 bridgehead atoms. The Morgan fingerprint density at radius 2 is 2.12 bits per heavy atom. The molecule has 0 aliphatic heterocycles. The Labute approximate surface area is 101 Å². The van der Waals surface area contributed by atoms with Crippen LogP contribution in [0.5, 0.6) is 0 Å². The van der Waals surface area contributed by atoms with Crippen molar-refractivity contribution in [2.45, 2.75) is 0 Å². The van der Waals surface area contributed by atoms with Crippen LogP contribution < -0.4 is 5.32 Å². The molecule has 0 fully saturated rings. The summed E-state index contributed by atoms with van der Waals surface area (Å²) < 4.78 is 12.6. The molecule has 6 heteroatoms. The monoisotopic (exact) mass is 249 g/mol. The van der Waals surface area contributed by atoms with E-state index in [1.807, 2.05) is 0 Å². The maximum atomic E-state index is 12.6. The first-order valence-electron chi connectivity index (χ1n) is 4.75. The molecule has 0 spiro atoms. The lowest BCUT2D eigenvalue weighted by Gasteiger charge is -1.95. The second-order valence-corrected chi connectivity index (χ2v) is 3.95. The summed E-state index contributed by atoms with van der Waals surface area (Å²) in [6.07, 6.45) is 2.95. The topological polar surface area (TPSA) is 54.9 Å². The summed E-state index contributed by atoms with van der Waals surface area (Å²) in [5.74, 6) is -0.605. The zero-order chi connectivity index (χ0) is 12.1. The fraction of sp³-hybridized carbons (Fsp3) is 0. The van der Waals surface area contributed by atoms with Crippen LogP contribution in [0.15, 0.2) is 35.9 Å². The van der Waals surface area contributed by atoms with Gasteiger partial charge in [0.25, 0.3) is 0 Å². The smallest absolute Gasteiger partial charge is 0.250 e. The molecule has 0 aliphatic carbocycles. The zero-order valence-corrected chi connectivity index (χ0v) is 9.45. The van der Waals surface area contributed by atoms with Crippen LogP contribution in [0.25, 0.3) is 6.08 Å². The summed E-state index contributed by atoms with van der Waals surface area (Å²) in [7, 11) is 0. The SMILES string of the molecule is O=C(/C=C\c1ccc(F)cc1)Nc1nncs1. The van der Waals surface area contributed by atoms with Gasteiger partial charge in [-0.25, -0.2) is 4.39 Å². The Morgan fingerprint density at radius 1 is 1.35 bits per heavy atom. The minimum atomic E-state index is -0.305. The van der Waals surface area contributed by atoms with Gasteiger partial charge in [0.05, 0.1) is 0 Å². The van der Waals surface area contributed by atoms with E-state index < -0.39 is 0 Å². The summed E-state index contributed by atoms with van der Waals surface area (Å²) in [5.41, 5.74) is 2.28. The largest absolute Gasteiger partial charge is 0.297 e. The van der Waals surface area contributed by atoms with E-state index in [0.29, 0.717) is 5.13 Å². The maximum absolute atomic E-state index is 12.6. The second-order valence-electron chi connectivity index (χ2n) is 3.12. The molecule has 1 N–H and O–H groups in total. The molecular formula is C11H8FN3OS. The standard InChI is InChI=1S/C11H8FN3OS/c12-9-4-1-8(2-5-9)3-6-10(16)14-11-15-13-7-17-11/h1-7H,(H,14,15,16)/b6-3-. The van der Waals surface area contributed by atoms with Crippen LogP contribution in [0.3, 0.4) is 0 Å². The molecule has 1 aromatic heterocycles. The number of rotatable bonds is 3. The van der Waals surface area contributed by atoms with Gasteiger partial charge >= 0.3 is 0 Å². The van der Waals surface area contributed by atoms with E-state index >= 15 is 0 Å². The third-order valence-electron chi connectivity index (χ3n) is 1.89. The minimum absolute atomic E-state index is 0.300. The summed E-state index contributed by atoms with van der Waals surface area (Å²) in [5, 5.41) is 10.3. The Morgan fingerprint density at radius 3 is 2.76 bits per heavy atom. The second kappa shape index (κ2) is 5.31. The normalized spacial score (nSPS) is 10.6. The Kier molecular flexibility index (Phi) is 3.56. The highest BCUT2D eigenvalue weighted by molar-refractivity contribution is 7.13. The van der Waals surface area contributed by atoms with Gasteiger partial charge in [0, 0.05) is 6.08 Å². The number of benzene rings is 1. The Balaban J connectivity index is 1.96. The molecule has 4 nitrogen and oxygen atoms in total. The van der Waals surface area contributed by atoms with Gasteiger partial charge in [-0.3, -0.25) is 10.1 Å². The van der Waals surface area contributed by atoms with Crippen molar-refractivity contribution in [2.24, 2.45) is 0 Å². The van der Waals surface area contributed by atoms with Gasteiger partial charge in [0.15, 0.2) is 0 Å². The fourth-order valence-electron chi connectivity index (χ4n) is 1.12. The van der Waals surface area contributed by atoms with Crippen LogP contribution in [-0.4, -0.2) is 16.1 Å². The number of halogens is 1. The van der Waals surface area contributed by atoms with Crippen LogP contribution in [0.2, 0.25) is 0 Å². The number of hydrogen-bond acceptors (Lipinski definition) is 4. The zero-order valence-electron chi connectivity index (χ0n) is 8.63. The van der Waals surface area contributed by atoms with E-state index in [-0.39, 0.29) is 11.7 Å². The number of carbonyl (C=O) groups is 1. The van der Waals surface area contributed by atoms with Crippen LogP contribution in [0.4, 0.5) is 9.52 Å². The number of aromatic nitrogens is 2. The first-order valence-corrected chi connectivity index (χ1v) is 5.63. The number of amides is 1. The molecule has 86 valence electrons. The molecule has 0 radical (unpaired) electrons. The summed E-state index contributed by atoms with van der Waals surface area (Å²) >= 11 is 1.24. The van der Waals surface area contributed by atoms with Crippen LogP contribution in [-0.2, 0) is 4.79 Å². The number of carbonyl (C=O) groups excluding carboxylic acids is 1. The highest BCUT2D eigenvalue weighted by Crippen LogP contribution is 2.08. The lowest BCUT2D eigenvalue weighted by Crippen LogP contribution is -2.07. The van der Waals surface area contributed by atoms with Gasteiger partial charge in [-0.1, -0.05) is 23.5 Å². The Hall–Kier alpha value is -2.08. The van der Waals surface area contributed by atoms with Crippen molar-refractivity contribution in [1.82, 2.24) is 10.2 Å². The summed E-state index contributed by atoms with van der Waals surface area (Å²) in [6, 6.07) is 5.85. The summed E-state index contributed by atoms with van der Waals surface area (Å²) in [4.78, 5) is 11.4. The van der Waals surface area contributed by atoms with Crippen LogP contribution >= 0.6 is 11.3 Å². The van der Waals surface area contributed by atoms with Gasteiger partial charge in [-0.05, 0) is 23.8 Å². The molecular weight excluding hydrogens is 241 g/mol. The van der Waals surface area contributed by atoms with Crippen molar-refractivity contribution in [3.05, 3.63) is 47.2 Å². The number of nitrogens with zero attached hydrogens (tertiary/aromatic N) is 2.